The van der Waals surface area contributed by atoms with Crippen LogP contribution in [0.1, 0.15) is 21.9 Å². The number of hydrogen-bond acceptors (Lipinski definition) is 5. The zero-order valence-corrected chi connectivity index (χ0v) is 18.2. The van der Waals surface area contributed by atoms with Crippen molar-refractivity contribution in [1.29, 1.82) is 0 Å². The molecule has 11 heteroatoms. The maximum atomic E-state index is 13.7. The fourth-order valence-electron chi connectivity index (χ4n) is 3.94. The molecule has 0 atom stereocenters. The first-order valence-electron chi connectivity index (χ1n) is 10.4. The number of rotatable bonds is 4. The van der Waals surface area contributed by atoms with E-state index in [1.165, 1.54) is 21.8 Å². The summed E-state index contributed by atoms with van der Waals surface area (Å²) in [6, 6.07) is 14.5. The number of fused-ring (bicyclic) bond motifs is 1. The number of carbonyl (C=O) groups excluding carboxylic acids is 1. The highest BCUT2D eigenvalue weighted by Crippen LogP contribution is 2.33. The van der Waals surface area contributed by atoms with Crippen molar-refractivity contribution in [3.63, 3.8) is 0 Å². The van der Waals surface area contributed by atoms with Crippen LogP contribution in [0.2, 0.25) is 0 Å². The number of quaternary nitrogens is 1. The highest BCUT2D eigenvalue weighted by atomic mass is 32.1. The molecule has 170 valence electrons. The lowest BCUT2D eigenvalue weighted by molar-refractivity contribution is -0.917. The molecule has 33 heavy (non-hydrogen) atoms. The summed E-state index contributed by atoms with van der Waals surface area (Å²) < 4.78 is 41.8. The lowest BCUT2D eigenvalue weighted by Gasteiger charge is -2.31. The van der Waals surface area contributed by atoms with Gasteiger partial charge in [0.15, 0.2) is 5.69 Å². The minimum atomic E-state index is -4.67. The lowest BCUT2D eigenvalue weighted by Crippen LogP contribution is -3.13. The molecular weight excluding hydrogens is 453 g/mol. The summed E-state index contributed by atoms with van der Waals surface area (Å²) in [6.07, 6.45) is -4.67. The number of thiophene rings is 1. The normalized spacial score (nSPS) is 15.3. The Balaban J connectivity index is 1.37. The number of amides is 1. The Morgan fingerprint density at radius 3 is 2.48 bits per heavy atom. The third kappa shape index (κ3) is 4.46. The Morgan fingerprint density at radius 2 is 1.82 bits per heavy atom. The molecule has 0 bridgehead atoms. The zero-order valence-electron chi connectivity index (χ0n) is 17.4. The molecule has 3 aromatic heterocycles. The standard InChI is InChI=1S/C22H19F3N6OS/c23-22(24,25)18-13-16(17-7-4-12-33-17)26-21-27-19(28-31(18)21)20(32)30-10-8-29(9-11-30)14-15-5-2-1-3-6-15/h1-7,12-13H,8-11,14H2/p+1. The number of alkyl halides is 3. The molecule has 1 fully saturated rings. The van der Waals surface area contributed by atoms with Crippen LogP contribution in [0.15, 0.2) is 53.9 Å². The van der Waals surface area contributed by atoms with Crippen molar-refractivity contribution >= 4 is 23.0 Å². The molecule has 1 aliphatic heterocycles. The molecule has 4 heterocycles. The van der Waals surface area contributed by atoms with E-state index < -0.39 is 17.8 Å². The van der Waals surface area contributed by atoms with Crippen molar-refractivity contribution in [2.24, 2.45) is 0 Å². The van der Waals surface area contributed by atoms with Crippen molar-refractivity contribution in [3.8, 4) is 10.6 Å². The van der Waals surface area contributed by atoms with Crippen molar-refractivity contribution in [1.82, 2.24) is 24.5 Å². The summed E-state index contributed by atoms with van der Waals surface area (Å²) in [6.45, 7) is 3.30. The maximum absolute atomic E-state index is 13.7. The number of piperazine rings is 1. The molecule has 5 rings (SSSR count). The van der Waals surface area contributed by atoms with Crippen molar-refractivity contribution in [3.05, 3.63) is 71.0 Å². The lowest BCUT2D eigenvalue weighted by atomic mass is 10.2. The maximum Gasteiger partial charge on any atom is 0.433 e. The average molecular weight is 474 g/mol. The third-order valence-electron chi connectivity index (χ3n) is 5.62. The van der Waals surface area contributed by atoms with E-state index in [9.17, 15) is 18.0 Å². The number of carbonyl (C=O) groups is 1. The molecule has 1 N–H and O–H groups in total. The number of nitrogens with one attached hydrogen (secondary N) is 1. The number of benzene rings is 1. The SMILES string of the molecule is O=C(c1nc2nc(-c3cccs3)cc(C(F)(F)F)n2n1)N1CC[NH+](Cc2ccccc2)CC1. The molecule has 4 aromatic rings. The Morgan fingerprint density at radius 1 is 1.06 bits per heavy atom. The van der Waals surface area contributed by atoms with Crippen LogP contribution in [0.25, 0.3) is 16.3 Å². The van der Waals surface area contributed by atoms with Gasteiger partial charge in [0.2, 0.25) is 5.82 Å². The molecule has 1 amide bonds. The van der Waals surface area contributed by atoms with E-state index >= 15 is 0 Å². The van der Waals surface area contributed by atoms with Crippen molar-refractivity contribution in [2.75, 3.05) is 26.2 Å². The molecule has 1 aliphatic rings. The molecule has 1 aromatic carbocycles. The van der Waals surface area contributed by atoms with Gasteiger partial charge in [-0.3, -0.25) is 4.79 Å². The Kier molecular flexibility index (Phi) is 5.59. The van der Waals surface area contributed by atoms with Gasteiger partial charge in [-0.25, -0.2) is 4.98 Å². The second-order valence-electron chi connectivity index (χ2n) is 7.85. The average Bonchev–Trinajstić information content (AvgIpc) is 3.48. The van der Waals surface area contributed by atoms with Gasteiger partial charge in [-0.2, -0.15) is 22.7 Å². The first-order chi connectivity index (χ1) is 15.9. The van der Waals surface area contributed by atoms with Gasteiger partial charge < -0.3 is 9.80 Å². The van der Waals surface area contributed by atoms with E-state index in [-0.39, 0.29) is 17.3 Å². The predicted octanol–water partition coefficient (Wildman–Crippen LogP) is 2.41. The first-order valence-corrected chi connectivity index (χ1v) is 11.3. The van der Waals surface area contributed by atoms with Gasteiger partial charge in [0.1, 0.15) is 6.54 Å². The Hall–Kier alpha value is -3.31. The summed E-state index contributed by atoms with van der Waals surface area (Å²) in [5, 5.41) is 5.65. The van der Waals surface area contributed by atoms with Gasteiger partial charge in [0.05, 0.1) is 36.8 Å². The molecule has 0 unspecified atom stereocenters. The van der Waals surface area contributed by atoms with Gasteiger partial charge in [-0.05, 0) is 17.5 Å². The summed E-state index contributed by atoms with van der Waals surface area (Å²) in [5.41, 5.74) is 0.357. The van der Waals surface area contributed by atoms with Gasteiger partial charge >= 0.3 is 6.18 Å². The summed E-state index contributed by atoms with van der Waals surface area (Å²) >= 11 is 1.28. The molecule has 7 nitrogen and oxygen atoms in total. The number of nitrogens with zero attached hydrogens (tertiary/aromatic N) is 5. The van der Waals surface area contributed by atoms with Crippen molar-refractivity contribution in [2.45, 2.75) is 12.7 Å². The van der Waals surface area contributed by atoms with Crippen LogP contribution in [-0.4, -0.2) is 56.6 Å². The number of halogens is 3. The predicted molar refractivity (Wildman–Crippen MR) is 116 cm³/mol. The molecule has 1 saturated heterocycles. The minimum absolute atomic E-state index is 0.148. The van der Waals surface area contributed by atoms with Crippen LogP contribution in [0.5, 0.6) is 0 Å². The van der Waals surface area contributed by atoms with Crippen LogP contribution >= 0.6 is 11.3 Å². The Bertz CT molecular complexity index is 1260. The third-order valence-corrected chi connectivity index (χ3v) is 6.51. The smallest absolute Gasteiger partial charge is 0.328 e. The van der Waals surface area contributed by atoms with E-state index in [4.69, 9.17) is 0 Å². The minimum Gasteiger partial charge on any atom is -0.328 e. The van der Waals surface area contributed by atoms with E-state index in [0.717, 1.165) is 25.7 Å². The highest BCUT2D eigenvalue weighted by molar-refractivity contribution is 7.13. The van der Waals surface area contributed by atoms with Crippen LogP contribution in [0, 0.1) is 0 Å². The highest BCUT2D eigenvalue weighted by Gasteiger charge is 2.37. The summed E-state index contributed by atoms with van der Waals surface area (Å²) in [7, 11) is 0. The molecule has 0 aliphatic carbocycles. The number of aromatic nitrogens is 4. The molecule has 0 spiro atoms. The fourth-order valence-corrected chi connectivity index (χ4v) is 4.63. The summed E-state index contributed by atoms with van der Waals surface area (Å²) in [5.74, 6) is -1.00. The van der Waals surface area contributed by atoms with Gasteiger partial charge in [-0.1, -0.05) is 36.4 Å². The van der Waals surface area contributed by atoms with Crippen molar-refractivity contribution < 1.29 is 22.9 Å². The molecular formula is C22H20F3N6OS+. The van der Waals surface area contributed by atoms with Crippen LogP contribution in [0.4, 0.5) is 13.2 Å². The zero-order chi connectivity index (χ0) is 23.0. The topological polar surface area (TPSA) is 67.8 Å². The van der Waals surface area contributed by atoms with E-state index in [2.05, 4.69) is 27.2 Å². The second kappa shape index (κ2) is 8.56. The van der Waals surface area contributed by atoms with E-state index in [1.54, 1.807) is 22.4 Å². The van der Waals surface area contributed by atoms with E-state index in [0.29, 0.717) is 22.5 Å². The Labute approximate surface area is 191 Å². The van der Waals surface area contributed by atoms with Gasteiger partial charge in [0, 0.05) is 5.56 Å². The number of hydrogen-bond donors (Lipinski definition) is 1. The molecule has 0 radical (unpaired) electrons. The second-order valence-corrected chi connectivity index (χ2v) is 8.80. The summed E-state index contributed by atoms with van der Waals surface area (Å²) in [4.78, 5) is 24.8. The van der Waals surface area contributed by atoms with E-state index in [1.807, 2.05) is 18.2 Å². The van der Waals surface area contributed by atoms with Gasteiger partial charge in [0.25, 0.3) is 11.7 Å². The fraction of sp³-hybridized carbons (Fsp3) is 0.273. The molecule has 0 saturated carbocycles. The largest absolute Gasteiger partial charge is 0.433 e. The van der Waals surface area contributed by atoms with Crippen LogP contribution in [0.3, 0.4) is 0 Å². The first kappa shape index (κ1) is 21.5. The quantitative estimate of drug-likeness (QED) is 0.495. The van der Waals surface area contributed by atoms with Gasteiger partial charge in [-0.15, -0.1) is 16.4 Å². The monoisotopic (exact) mass is 473 g/mol. The van der Waals surface area contributed by atoms with Crippen LogP contribution < -0.4 is 4.90 Å². The van der Waals surface area contributed by atoms with Crippen LogP contribution in [-0.2, 0) is 12.7 Å².